The lowest BCUT2D eigenvalue weighted by atomic mass is 9.99. The van der Waals surface area contributed by atoms with Crippen LogP contribution in [-0.4, -0.2) is 7.55 Å². The van der Waals surface area contributed by atoms with Gasteiger partial charge in [0.2, 0.25) is 0 Å². The van der Waals surface area contributed by atoms with Crippen LogP contribution in [0.25, 0.3) is 10.8 Å². The molecule has 2 aromatic rings. The fourth-order valence-electron chi connectivity index (χ4n) is 1.92. The first-order valence-corrected chi connectivity index (χ1v) is 5.17. The van der Waals surface area contributed by atoms with E-state index in [0.717, 1.165) is 12.1 Å². The molecule has 0 fully saturated rings. The summed E-state index contributed by atoms with van der Waals surface area (Å²) in [5.74, 6) is 0. The summed E-state index contributed by atoms with van der Waals surface area (Å²) in [5, 5.41) is 5.60. The molecule has 75 valence electrons. The average Bonchev–Trinajstić information content (AvgIpc) is 2.29. The Bertz CT molecular complexity index is 463. The van der Waals surface area contributed by atoms with Crippen LogP contribution >= 0.6 is 0 Å². The third-order valence-electron chi connectivity index (χ3n) is 2.61. The highest BCUT2D eigenvalue weighted by Gasteiger charge is 2.03. The van der Waals surface area contributed by atoms with E-state index in [0.29, 0.717) is 0 Å². The average molecular weight is 197 g/mol. The first-order chi connectivity index (χ1) is 7.36. The van der Waals surface area contributed by atoms with Gasteiger partial charge in [-0.05, 0) is 23.4 Å². The zero-order valence-corrected chi connectivity index (χ0v) is 8.83. The Labute approximate surface area is 90.8 Å². The Balaban J connectivity index is 2.69. The number of aryl methyl sites for hydroxylation is 1. The third kappa shape index (κ3) is 1.83. The molecule has 0 bridgehead atoms. The summed E-state index contributed by atoms with van der Waals surface area (Å²) < 4.78 is 0. The van der Waals surface area contributed by atoms with E-state index in [4.69, 9.17) is 5.64 Å². The molecule has 0 aliphatic rings. The van der Waals surface area contributed by atoms with E-state index in [9.17, 15) is 0 Å². The Morgan fingerprint density at radius 2 is 1.93 bits per heavy atom. The minimum Gasteiger partial charge on any atom is -0.417 e. The first-order valence-electron chi connectivity index (χ1n) is 5.17. The van der Waals surface area contributed by atoms with Gasteiger partial charge in [0.15, 0.2) is 0 Å². The number of anilines is 1. The summed E-state index contributed by atoms with van der Waals surface area (Å²) in [6.45, 7) is 2.16. The lowest BCUT2D eigenvalue weighted by Gasteiger charge is -2.10. The van der Waals surface area contributed by atoms with Crippen molar-refractivity contribution in [2.45, 2.75) is 13.3 Å². The van der Waals surface area contributed by atoms with Crippen LogP contribution in [0.3, 0.4) is 0 Å². The molecule has 0 atom stereocenters. The van der Waals surface area contributed by atoms with Gasteiger partial charge in [-0.25, -0.2) is 0 Å². The maximum absolute atomic E-state index is 5.41. The standard InChI is InChI=1S/C12H14BN2/c1-2-9-5-3-6-10-7-4-8-11(12(9)10)15-13-14/h3-8,15H,2,14H2,1H3. The van der Waals surface area contributed by atoms with Crippen molar-refractivity contribution >= 4 is 24.0 Å². The smallest absolute Gasteiger partial charge is 0.343 e. The van der Waals surface area contributed by atoms with E-state index in [1.807, 2.05) is 12.1 Å². The number of nitrogens with one attached hydrogen (secondary N) is 1. The van der Waals surface area contributed by atoms with Crippen LogP contribution < -0.4 is 10.9 Å². The van der Waals surface area contributed by atoms with Crippen LogP contribution in [0.15, 0.2) is 36.4 Å². The lowest BCUT2D eigenvalue weighted by molar-refractivity contribution is 1.16. The predicted molar refractivity (Wildman–Crippen MR) is 66.9 cm³/mol. The van der Waals surface area contributed by atoms with Crippen LogP contribution in [0, 0.1) is 0 Å². The Morgan fingerprint density at radius 1 is 1.20 bits per heavy atom. The molecule has 0 saturated carbocycles. The molecule has 0 spiro atoms. The summed E-state index contributed by atoms with van der Waals surface area (Å²) in [5.41, 5.74) is 7.83. The van der Waals surface area contributed by atoms with Crippen molar-refractivity contribution in [3.05, 3.63) is 42.0 Å². The maximum atomic E-state index is 5.41. The van der Waals surface area contributed by atoms with Gasteiger partial charge in [-0.2, -0.15) is 0 Å². The molecule has 0 aliphatic carbocycles. The molecule has 2 rings (SSSR count). The number of nitrogens with two attached hydrogens (primary N) is 1. The van der Waals surface area contributed by atoms with Crippen LogP contribution in [0.4, 0.5) is 5.69 Å². The molecule has 0 saturated heterocycles. The molecule has 15 heavy (non-hydrogen) atoms. The zero-order chi connectivity index (χ0) is 10.7. The second-order valence-electron chi connectivity index (χ2n) is 3.49. The van der Waals surface area contributed by atoms with Crippen molar-refractivity contribution in [3.63, 3.8) is 0 Å². The summed E-state index contributed by atoms with van der Waals surface area (Å²) in [7, 11) is 1.47. The Kier molecular flexibility index (Phi) is 2.93. The van der Waals surface area contributed by atoms with Crippen molar-refractivity contribution < 1.29 is 0 Å². The van der Waals surface area contributed by atoms with Gasteiger partial charge in [0, 0.05) is 11.1 Å². The largest absolute Gasteiger partial charge is 0.417 e. The van der Waals surface area contributed by atoms with Crippen molar-refractivity contribution in [1.29, 1.82) is 0 Å². The van der Waals surface area contributed by atoms with Crippen molar-refractivity contribution in [1.82, 2.24) is 0 Å². The normalized spacial score (nSPS) is 10.3. The van der Waals surface area contributed by atoms with Gasteiger partial charge in [0.1, 0.15) is 0 Å². The van der Waals surface area contributed by atoms with Crippen molar-refractivity contribution in [3.8, 4) is 0 Å². The Hall–Kier alpha value is -1.48. The fourth-order valence-corrected chi connectivity index (χ4v) is 1.92. The van der Waals surface area contributed by atoms with Gasteiger partial charge in [0.25, 0.3) is 0 Å². The highest BCUT2D eigenvalue weighted by Crippen LogP contribution is 2.26. The van der Waals surface area contributed by atoms with E-state index in [1.165, 1.54) is 23.9 Å². The van der Waals surface area contributed by atoms with Gasteiger partial charge in [-0.3, -0.25) is 0 Å². The molecule has 1 radical (unpaired) electrons. The van der Waals surface area contributed by atoms with Crippen molar-refractivity contribution in [2.24, 2.45) is 5.64 Å². The summed E-state index contributed by atoms with van der Waals surface area (Å²) in [4.78, 5) is 0. The number of hydrogen-bond donors (Lipinski definition) is 2. The minimum atomic E-state index is 1.03. The van der Waals surface area contributed by atoms with E-state index in [2.05, 4.69) is 36.4 Å². The summed E-state index contributed by atoms with van der Waals surface area (Å²) >= 11 is 0. The molecule has 0 unspecified atom stereocenters. The molecule has 3 N–H and O–H groups in total. The van der Waals surface area contributed by atoms with Gasteiger partial charge in [0.05, 0.1) is 0 Å². The van der Waals surface area contributed by atoms with E-state index in [-0.39, 0.29) is 0 Å². The second kappa shape index (κ2) is 4.36. The molecule has 2 nitrogen and oxygen atoms in total. The molecule has 3 heteroatoms. The molecule has 0 aromatic heterocycles. The lowest BCUT2D eigenvalue weighted by Crippen LogP contribution is -2.16. The monoisotopic (exact) mass is 197 g/mol. The SMILES string of the molecule is CCc1cccc2cccc(N[B]N)c12. The van der Waals surface area contributed by atoms with Crippen LogP contribution in [0.2, 0.25) is 0 Å². The van der Waals surface area contributed by atoms with Gasteiger partial charge < -0.3 is 10.9 Å². The van der Waals surface area contributed by atoms with E-state index in [1.54, 1.807) is 0 Å². The zero-order valence-electron chi connectivity index (χ0n) is 8.83. The number of hydrogen-bond acceptors (Lipinski definition) is 2. The molecule has 0 heterocycles. The van der Waals surface area contributed by atoms with Crippen LogP contribution in [-0.2, 0) is 6.42 Å². The molecule has 0 aliphatic heterocycles. The van der Waals surface area contributed by atoms with Gasteiger partial charge in [-0.15, -0.1) is 0 Å². The summed E-state index contributed by atoms with van der Waals surface area (Å²) in [6, 6.07) is 12.6. The second-order valence-corrected chi connectivity index (χ2v) is 3.49. The van der Waals surface area contributed by atoms with E-state index >= 15 is 0 Å². The van der Waals surface area contributed by atoms with Gasteiger partial charge >= 0.3 is 7.55 Å². The highest BCUT2D eigenvalue weighted by molar-refractivity contribution is 6.37. The molecule has 0 amide bonds. The number of fused-ring (bicyclic) bond motifs is 1. The maximum Gasteiger partial charge on any atom is 0.343 e. The molecule has 2 aromatic carbocycles. The van der Waals surface area contributed by atoms with Gasteiger partial charge in [-0.1, -0.05) is 37.3 Å². The first kappa shape index (κ1) is 10.1. The van der Waals surface area contributed by atoms with Crippen molar-refractivity contribution in [2.75, 3.05) is 5.23 Å². The quantitative estimate of drug-likeness (QED) is 0.741. The predicted octanol–water partition coefficient (Wildman–Crippen LogP) is 2.31. The number of rotatable bonds is 3. The minimum absolute atomic E-state index is 1.03. The highest BCUT2D eigenvalue weighted by atomic mass is 14.8. The Morgan fingerprint density at radius 3 is 2.60 bits per heavy atom. The topological polar surface area (TPSA) is 38.0 Å². The summed E-state index contributed by atoms with van der Waals surface area (Å²) in [6.07, 6.45) is 1.03. The third-order valence-corrected chi connectivity index (χ3v) is 2.61. The number of benzene rings is 2. The van der Waals surface area contributed by atoms with Crippen LogP contribution in [0.1, 0.15) is 12.5 Å². The molecular weight excluding hydrogens is 183 g/mol. The fraction of sp³-hybridized carbons (Fsp3) is 0.167. The molecular formula is C12H14BN2. The van der Waals surface area contributed by atoms with E-state index < -0.39 is 0 Å². The van der Waals surface area contributed by atoms with Crippen LogP contribution in [0.5, 0.6) is 0 Å².